The molecule has 3 unspecified atom stereocenters. The molecule has 2 bridgehead atoms. The third-order valence-electron chi connectivity index (χ3n) is 8.84. The molecule has 0 aromatic heterocycles. The van der Waals surface area contributed by atoms with Gasteiger partial charge in [-0.05, 0) is 69.2 Å². The number of benzene rings is 2. The van der Waals surface area contributed by atoms with Gasteiger partial charge in [-0.2, -0.15) is 5.11 Å². The molecule has 14 heteroatoms. The van der Waals surface area contributed by atoms with Crippen LogP contribution >= 0.6 is 0 Å². The van der Waals surface area contributed by atoms with E-state index in [4.69, 9.17) is 23.7 Å². The Labute approximate surface area is 306 Å². The zero-order valence-corrected chi connectivity index (χ0v) is 31.4. The number of hydrogen-bond acceptors (Lipinski definition) is 13. The van der Waals surface area contributed by atoms with Gasteiger partial charge in [-0.1, -0.05) is 33.8 Å². The lowest BCUT2D eigenvalue weighted by Gasteiger charge is -2.41. The summed E-state index contributed by atoms with van der Waals surface area (Å²) in [5.41, 5.74) is 0.204. The third-order valence-corrected chi connectivity index (χ3v) is 8.84. The molecule has 0 radical (unpaired) electrons. The first-order valence-electron chi connectivity index (χ1n) is 17.8. The Morgan fingerprint density at radius 2 is 1.60 bits per heavy atom. The molecule has 2 aliphatic heterocycles. The number of nitrogens with zero attached hydrogens (tertiary/aromatic N) is 2. The van der Waals surface area contributed by atoms with Crippen molar-refractivity contribution in [2.45, 2.75) is 90.6 Å². The minimum atomic E-state index is -1.09. The maximum atomic E-state index is 13.2. The number of fused-ring (bicyclic) bond motifs is 2. The standard InChI is InChI=1S/C38H56N4O10/c1-24-31(44)33(46)38(23-51-35(24)52-38)22-50-19-18-49-17-16-48-15-14-39-34(47)26-9-11-27(12-10-26)41-42-28-20-25(8-13-30(28)43)21-29(40-37(5,6)7)32(45)36(2,3)4/h8-13,20,24,29,31,33,35,40,43-44,46H,14-19,21-23H2,1-7H3,(H,39,47)/t24-,29?,31?,33+,35-,38?/m0/s1. The highest BCUT2D eigenvalue weighted by Gasteiger charge is 2.58. The van der Waals surface area contributed by atoms with E-state index >= 15 is 0 Å². The van der Waals surface area contributed by atoms with E-state index < -0.39 is 35.6 Å². The van der Waals surface area contributed by atoms with Crippen LogP contribution in [0, 0.1) is 11.3 Å². The fourth-order valence-corrected chi connectivity index (χ4v) is 5.94. The first-order valence-corrected chi connectivity index (χ1v) is 17.8. The average molecular weight is 729 g/mol. The zero-order chi connectivity index (χ0) is 38.1. The maximum absolute atomic E-state index is 13.2. The first-order chi connectivity index (χ1) is 24.5. The van der Waals surface area contributed by atoms with Crippen molar-refractivity contribution in [3.8, 4) is 5.75 Å². The number of aliphatic hydroxyl groups excluding tert-OH is 2. The maximum Gasteiger partial charge on any atom is 0.251 e. The smallest absolute Gasteiger partial charge is 0.251 e. The molecule has 4 rings (SSSR count). The van der Waals surface area contributed by atoms with Gasteiger partial charge in [0.1, 0.15) is 23.1 Å². The van der Waals surface area contributed by atoms with Crippen LogP contribution in [-0.4, -0.2) is 115 Å². The lowest BCUT2D eigenvalue weighted by atomic mass is 9.83. The molecule has 2 heterocycles. The first kappa shape index (κ1) is 41.4. The number of rotatable bonds is 18. The molecule has 0 spiro atoms. The predicted molar refractivity (Wildman–Crippen MR) is 193 cm³/mol. The van der Waals surface area contributed by atoms with Crippen LogP contribution in [0.5, 0.6) is 5.75 Å². The Kier molecular flexibility index (Phi) is 14.4. The fourth-order valence-electron chi connectivity index (χ4n) is 5.94. The van der Waals surface area contributed by atoms with Crippen molar-refractivity contribution in [3.63, 3.8) is 0 Å². The van der Waals surface area contributed by atoms with Crippen molar-refractivity contribution in [3.05, 3.63) is 53.6 Å². The van der Waals surface area contributed by atoms with E-state index in [0.29, 0.717) is 50.6 Å². The van der Waals surface area contributed by atoms with Crippen LogP contribution in [0.15, 0.2) is 52.7 Å². The van der Waals surface area contributed by atoms with Crippen LogP contribution in [0.4, 0.5) is 11.4 Å². The highest BCUT2D eigenvalue weighted by atomic mass is 16.7. The van der Waals surface area contributed by atoms with Crippen LogP contribution in [0.2, 0.25) is 0 Å². The normalized spacial score (nSPS) is 23.9. The van der Waals surface area contributed by atoms with Crippen LogP contribution in [0.1, 0.15) is 64.4 Å². The molecule has 5 N–H and O–H groups in total. The Bertz CT molecular complexity index is 1510. The number of amides is 1. The van der Waals surface area contributed by atoms with Gasteiger partial charge in [0.25, 0.3) is 5.91 Å². The molecule has 1 amide bonds. The number of ketones is 1. The van der Waals surface area contributed by atoms with Gasteiger partial charge in [-0.15, -0.1) is 5.11 Å². The second kappa shape index (κ2) is 18.1. The van der Waals surface area contributed by atoms with Crippen LogP contribution in [0.3, 0.4) is 0 Å². The van der Waals surface area contributed by atoms with Gasteiger partial charge in [-0.3, -0.25) is 9.59 Å². The van der Waals surface area contributed by atoms with Crippen LogP contribution in [-0.2, 0) is 34.9 Å². The third kappa shape index (κ3) is 11.6. The topological polar surface area (TPSA) is 190 Å². The summed E-state index contributed by atoms with van der Waals surface area (Å²) in [6.45, 7) is 15.7. The number of aliphatic hydroxyl groups is 2. The Hall–Kier alpha value is -3.34. The largest absolute Gasteiger partial charge is 0.506 e. The van der Waals surface area contributed by atoms with Gasteiger partial charge >= 0.3 is 0 Å². The summed E-state index contributed by atoms with van der Waals surface area (Å²) < 4.78 is 28.0. The number of nitrogens with one attached hydrogen (secondary N) is 2. The average Bonchev–Trinajstić information content (AvgIpc) is 3.50. The number of Topliss-reactive ketones (excluding diaryl/α,β-unsaturated/α-hetero) is 1. The summed E-state index contributed by atoms with van der Waals surface area (Å²) in [7, 11) is 0. The fraction of sp³-hybridized carbons (Fsp3) is 0.632. The van der Waals surface area contributed by atoms with Crippen molar-refractivity contribution < 1.29 is 48.6 Å². The molecule has 2 aromatic rings. The number of ether oxygens (including phenoxy) is 5. The second-order valence-electron chi connectivity index (χ2n) is 15.5. The van der Waals surface area contributed by atoms with Crippen molar-refractivity contribution in [1.82, 2.24) is 10.6 Å². The molecule has 288 valence electrons. The molecule has 14 nitrogen and oxygen atoms in total. The summed E-state index contributed by atoms with van der Waals surface area (Å²) >= 11 is 0. The van der Waals surface area contributed by atoms with Crippen molar-refractivity contribution in [2.75, 3.05) is 52.8 Å². The molecular formula is C38H56N4O10. The molecule has 2 saturated heterocycles. The van der Waals surface area contributed by atoms with Gasteiger partial charge in [0.2, 0.25) is 0 Å². The molecular weight excluding hydrogens is 672 g/mol. The Morgan fingerprint density at radius 1 is 0.942 bits per heavy atom. The van der Waals surface area contributed by atoms with E-state index in [2.05, 4.69) is 20.9 Å². The van der Waals surface area contributed by atoms with E-state index in [9.17, 15) is 24.9 Å². The monoisotopic (exact) mass is 728 g/mol. The number of phenols is 1. The van der Waals surface area contributed by atoms with Crippen LogP contribution < -0.4 is 10.6 Å². The highest BCUT2D eigenvalue weighted by molar-refractivity contribution is 5.94. The SMILES string of the molecule is C[C@H]1C(O)[C@@H](O)C2(COCCOCCOCCNC(=O)c3ccc(N=Nc4cc(CC(NC(C)(C)C)C(=O)C(C)(C)C)ccc4O)cc3)CO[C@H]1O2. The second-order valence-corrected chi connectivity index (χ2v) is 15.5. The van der Waals surface area contributed by atoms with Gasteiger partial charge < -0.3 is 49.6 Å². The molecule has 2 fully saturated rings. The van der Waals surface area contributed by atoms with Gasteiger partial charge in [0.05, 0.1) is 64.1 Å². The minimum absolute atomic E-state index is 0.0326. The summed E-state index contributed by atoms with van der Waals surface area (Å²) in [6.07, 6.45) is -2.14. The Balaban J connectivity index is 1.13. The van der Waals surface area contributed by atoms with Crippen molar-refractivity contribution >= 4 is 23.1 Å². The van der Waals surface area contributed by atoms with E-state index in [0.717, 1.165) is 5.56 Å². The lowest BCUT2D eigenvalue weighted by molar-refractivity contribution is -0.248. The Morgan fingerprint density at radius 3 is 2.25 bits per heavy atom. The number of carbonyl (C=O) groups is 2. The van der Waals surface area contributed by atoms with Gasteiger partial charge in [0, 0.05) is 29.0 Å². The number of aromatic hydroxyl groups is 1. The lowest BCUT2D eigenvalue weighted by Crippen LogP contribution is -2.60. The quantitative estimate of drug-likeness (QED) is 0.110. The van der Waals surface area contributed by atoms with E-state index in [1.807, 2.05) is 41.5 Å². The minimum Gasteiger partial charge on any atom is -0.506 e. The van der Waals surface area contributed by atoms with E-state index in [1.54, 1.807) is 49.4 Å². The number of azo groups is 1. The molecule has 6 atom stereocenters. The zero-order valence-electron chi connectivity index (χ0n) is 31.4. The summed E-state index contributed by atoms with van der Waals surface area (Å²) in [6, 6.07) is 11.2. The predicted octanol–water partition coefficient (Wildman–Crippen LogP) is 3.98. The molecule has 0 aliphatic carbocycles. The molecule has 52 heavy (non-hydrogen) atoms. The van der Waals surface area contributed by atoms with E-state index in [1.165, 1.54) is 0 Å². The van der Waals surface area contributed by atoms with Gasteiger partial charge in [0.15, 0.2) is 12.1 Å². The number of carbonyl (C=O) groups excluding carboxylic acids is 2. The van der Waals surface area contributed by atoms with Crippen molar-refractivity contribution in [1.29, 1.82) is 0 Å². The van der Waals surface area contributed by atoms with Crippen LogP contribution in [0.25, 0.3) is 0 Å². The summed E-state index contributed by atoms with van der Waals surface area (Å²) in [5.74, 6) is -0.512. The molecule has 0 saturated carbocycles. The summed E-state index contributed by atoms with van der Waals surface area (Å²) in [4.78, 5) is 25.8. The van der Waals surface area contributed by atoms with Crippen molar-refractivity contribution in [2.24, 2.45) is 21.6 Å². The summed E-state index contributed by atoms with van der Waals surface area (Å²) in [5, 5.41) is 45.8. The molecule has 2 aliphatic rings. The highest BCUT2D eigenvalue weighted by Crippen LogP contribution is 2.40. The van der Waals surface area contributed by atoms with E-state index in [-0.39, 0.29) is 54.4 Å². The number of hydrogen-bond donors (Lipinski definition) is 5. The van der Waals surface area contributed by atoms with Gasteiger partial charge in [-0.25, -0.2) is 0 Å². The number of phenolic OH excluding ortho intramolecular Hbond substituents is 1. The molecule has 2 aromatic carbocycles.